The first kappa shape index (κ1) is 11.4. The van der Waals surface area contributed by atoms with Crippen molar-refractivity contribution in [3.8, 4) is 0 Å². The number of nitrogens with zero attached hydrogens (tertiary/aromatic N) is 1. The van der Waals surface area contributed by atoms with Crippen molar-refractivity contribution in [3.05, 3.63) is 0 Å². The Labute approximate surface area is 95.6 Å². The SMILES string of the molecule is CC(CC1CCC1)(C(=O)O)N(C=O)C1CC1. The van der Waals surface area contributed by atoms with Crippen LogP contribution in [0.25, 0.3) is 0 Å². The van der Waals surface area contributed by atoms with Crippen LogP contribution >= 0.6 is 0 Å². The smallest absolute Gasteiger partial charge is 0.329 e. The highest BCUT2D eigenvalue weighted by Crippen LogP contribution is 2.39. The monoisotopic (exact) mass is 225 g/mol. The van der Waals surface area contributed by atoms with E-state index in [1.165, 1.54) is 11.3 Å². The molecule has 0 spiro atoms. The molecular formula is C12H19NO3. The summed E-state index contributed by atoms with van der Waals surface area (Å²) in [6, 6.07) is 0.165. The fraction of sp³-hybridized carbons (Fsp3) is 0.833. The summed E-state index contributed by atoms with van der Waals surface area (Å²) in [7, 11) is 0. The third-order valence-electron chi connectivity index (χ3n) is 4.00. The zero-order valence-corrected chi connectivity index (χ0v) is 9.69. The Bertz CT molecular complexity index is 297. The van der Waals surface area contributed by atoms with Gasteiger partial charge in [0.05, 0.1) is 0 Å². The number of carbonyl (C=O) groups excluding carboxylic acids is 1. The summed E-state index contributed by atoms with van der Waals surface area (Å²) in [5.74, 6) is -0.374. The minimum Gasteiger partial charge on any atom is -0.480 e. The first-order valence-corrected chi connectivity index (χ1v) is 6.05. The van der Waals surface area contributed by atoms with Gasteiger partial charge in [-0.1, -0.05) is 19.3 Å². The molecule has 0 aliphatic heterocycles. The van der Waals surface area contributed by atoms with Gasteiger partial charge in [0.2, 0.25) is 6.41 Å². The third-order valence-corrected chi connectivity index (χ3v) is 4.00. The van der Waals surface area contributed by atoms with Gasteiger partial charge in [-0.05, 0) is 32.1 Å². The third kappa shape index (κ3) is 1.93. The van der Waals surface area contributed by atoms with Gasteiger partial charge in [0.1, 0.15) is 5.54 Å². The number of rotatable bonds is 6. The van der Waals surface area contributed by atoms with Crippen molar-refractivity contribution < 1.29 is 14.7 Å². The molecule has 2 saturated carbocycles. The quantitative estimate of drug-likeness (QED) is 0.699. The second-order valence-corrected chi connectivity index (χ2v) is 5.32. The summed E-state index contributed by atoms with van der Waals surface area (Å²) in [4.78, 5) is 24.1. The van der Waals surface area contributed by atoms with Gasteiger partial charge in [0.25, 0.3) is 0 Å². The molecule has 0 heterocycles. The van der Waals surface area contributed by atoms with E-state index in [0.29, 0.717) is 12.3 Å². The van der Waals surface area contributed by atoms with Crippen LogP contribution in [0.1, 0.15) is 45.4 Å². The number of aliphatic carboxylic acids is 1. The minimum absolute atomic E-state index is 0.165. The Balaban J connectivity index is 2.11. The van der Waals surface area contributed by atoms with Crippen molar-refractivity contribution in [2.45, 2.75) is 57.0 Å². The van der Waals surface area contributed by atoms with Gasteiger partial charge >= 0.3 is 5.97 Å². The van der Waals surface area contributed by atoms with E-state index in [0.717, 1.165) is 32.1 Å². The number of carbonyl (C=O) groups is 2. The molecule has 2 aliphatic rings. The lowest BCUT2D eigenvalue weighted by molar-refractivity contribution is -0.156. The van der Waals surface area contributed by atoms with Crippen LogP contribution in [-0.4, -0.2) is 34.0 Å². The number of hydrogen-bond acceptors (Lipinski definition) is 2. The van der Waals surface area contributed by atoms with Crippen molar-refractivity contribution in [2.75, 3.05) is 0 Å². The maximum atomic E-state index is 11.4. The molecule has 1 amide bonds. The first-order chi connectivity index (χ1) is 7.58. The van der Waals surface area contributed by atoms with Crippen LogP contribution in [0, 0.1) is 5.92 Å². The maximum absolute atomic E-state index is 11.4. The molecule has 90 valence electrons. The standard InChI is InChI=1S/C12H19NO3/c1-12(11(15)16,7-9-3-2-4-9)13(8-14)10-5-6-10/h8-10H,2-7H2,1H3,(H,15,16). The number of hydrogen-bond donors (Lipinski definition) is 1. The molecule has 4 nitrogen and oxygen atoms in total. The molecule has 0 aromatic heterocycles. The van der Waals surface area contributed by atoms with Gasteiger partial charge in [0.15, 0.2) is 0 Å². The molecule has 16 heavy (non-hydrogen) atoms. The van der Waals surface area contributed by atoms with Crippen LogP contribution in [0.3, 0.4) is 0 Å². The highest BCUT2D eigenvalue weighted by Gasteiger charge is 2.47. The van der Waals surface area contributed by atoms with Gasteiger partial charge < -0.3 is 10.0 Å². The van der Waals surface area contributed by atoms with Crippen LogP contribution in [0.2, 0.25) is 0 Å². The van der Waals surface area contributed by atoms with E-state index in [1.54, 1.807) is 6.92 Å². The number of carboxylic acids is 1. The van der Waals surface area contributed by atoms with Crippen LogP contribution in [0.5, 0.6) is 0 Å². The van der Waals surface area contributed by atoms with Gasteiger partial charge in [0, 0.05) is 6.04 Å². The highest BCUT2D eigenvalue weighted by atomic mass is 16.4. The molecule has 0 saturated heterocycles. The summed E-state index contributed by atoms with van der Waals surface area (Å²) in [5, 5.41) is 9.38. The van der Waals surface area contributed by atoms with E-state index in [1.807, 2.05) is 0 Å². The Hall–Kier alpha value is -1.06. The van der Waals surface area contributed by atoms with E-state index in [2.05, 4.69) is 0 Å². The molecule has 1 N–H and O–H groups in total. The van der Waals surface area contributed by atoms with Crippen LogP contribution < -0.4 is 0 Å². The van der Waals surface area contributed by atoms with E-state index >= 15 is 0 Å². The second-order valence-electron chi connectivity index (χ2n) is 5.32. The minimum atomic E-state index is -0.992. The average Bonchev–Trinajstić information content (AvgIpc) is 2.96. The number of amides is 1. The van der Waals surface area contributed by atoms with Crippen LogP contribution in [-0.2, 0) is 9.59 Å². The molecule has 1 atom stereocenters. The van der Waals surface area contributed by atoms with Crippen molar-refractivity contribution in [1.82, 2.24) is 4.90 Å². The zero-order valence-electron chi connectivity index (χ0n) is 9.69. The Morgan fingerprint density at radius 2 is 2.06 bits per heavy atom. The lowest BCUT2D eigenvalue weighted by atomic mass is 9.76. The molecular weight excluding hydrogens is 206 g/mol. The van der Waals surface area contributed by atoms with Gasteiger partial charge in [-0.2, -0.15) is 0 Å². The van der Waals surface area contributed by atoms with E-state index in [4.69, 9.17) is 0 Å². The zero-order chi connectivity index (χ0) is 11.8. The van der Waals surface area contributed by atoms with Crippen LogP contribution in [0.4, 0.5) is 0 Å². The number of carboxylic acid groups (broad SMARTS) is 1. The summed E-state index contributed by atoms with van der Waals surface area (Å²) in [6.07, 6.45) is 6.66. The second kappa shape index (κ2) is 4.07. The summed E-state index contributed by atoms with van der Waals surface area (Å²) >= 11 is 0. The lowest BCUT2D eigenvalue weighted by Crippen LogP contribution is -2.54. The molecule has 0 bridgehead atoms. The topological polar surface area (TPSA) is 57.6 Å². The average molecular weight is 225 g/mol. The Morgan fingerprint density at radius 1 is 1.44 bits per heavy atom. The maximum Gasteiger partial charge on any atom is 0.329 e. The van der Waals surface area contributed by atoms with Gasteiger partial charge in [-0.3, -0.25) is 4.79 Å². The molecule has 4 heteroatoms. The molecule has 2 aliphatic carbocycles. The van der Waals surface area contributed by atoms with Crippen molar-refractivity contribution in [2.24, 2.45) is 5.92 Å². The predicted molar refractivity (Wildman–Crippen MR) is 58.9 cm³/mol. The summed E-state index contributed by atoms with van der Waals surface area (Å²) in [5.41, 5.74) is -0.992. The van der Waals surface area contributed by atoms with Crippen molar-refractivity contribution in [3.63, 3.8) is 0 Å². The Kier molecular flexibility index (Phi) is 2.91. The molecule has 2 rings (SSSR count). The molecule has 1 unspecified atom stereocenters. The van der Waals surface area contributed by atoms with E-state index < -0.39 is 11.5 Å². The molecule has 0 aromatic rings. The summed E-state index contributed by atoms with van der Waals surface area (Å²) < 4.78 is 0. The van der Waals surface area contributed by atoms with Crippen LogP contribution in [0.15, 0.2) is 0 Å². The van der Waals surface area contributed by atoms with Gasteiger partial charge in [-0.25, -0.2) is 4.79 Å². The Morgan fingerprint density at radius 3 is 2.38 bits per heavy atom. The normalized spacial score (nSPS) is 24.3. The van der Waals surface area contributed by atoms with Crippen molar-refractivity contribution >= 4 is 12.4 Å². The first-order valence-electron chi connectivity index (χ1n) is 6.05. The van der Waals surface area contributed by atoms with Crippen molar-refractivity contribution in [1.29, 1.82) is 0 Å². The lowest BCUT2D eigenvalue weighted by Gasteiger charge is -2.40. The largest absolute Gasteiger partial charge is 0.480 e. The predicted octanol–water partition coefficient (Wildman–Crippen LogP) is 1.64. The molecule has 2 fully saturated rings. The van der Waals surface area contributed by atoms with E-state index in [9.17, 15) is 14.7 Å². The summed E-state index contributed by atoms with van der Waals surface area (Å²) in [6.45, 7) is 1.69. The highest BCUT2D eigenvalue weighted by molar-refractivity contribution is 5.81. The molecule has 0 radical (unpaired) electrons. The molecule has 0 aromatic carbocycles. The fourth-order valence-corrected chi connectivity index (χ4v) is 2.52. The van der Waals surface area contributed by atoms with E-state index in [-0.39, 0.29) is 6.04 Å². The fourth-order valence-electron chi connectivity index (χ4n) is 2.52. The van der Waals surface area contributed by atoms with Gasteiger partial charge in [-0.15, -0.1) is 0 Å².